The summed E-state index contributed by atoms with van der Waals surface area (Å²) in [6, 6.07) is 0. The van der Waals surface area contributed by atoms with Crippen molar-refractivity contribution in [2.45, 2.75) is 78.4 Å². The highest BCUT2D eigenvalue weighted by molar-refractivity contribution is 6.63. The first-order valence-electron chi connectivity index (χ1n) is 7.73. The van der Waals surface area contributed by atoms with Crippen LogP contribution >= 0.6 is 11.6 Å². The molecule has 6 nitrogen and oxygen atoms in total. The van der Waals surface area contributed by atoms with E-state index in [0.717, 1.165) is 4.90 Å². The SMILES string of the molecule is CC(C)(C)OC(=O)N(CCCCCC(=O)Cl)C(=O)OC(C)(C)C. The van der Waals surface area contributed by atoms with E-state index in [-0.39, 0.29) is 18.2 Å². The zero-order chi connectivity index (χ0) is 18.3. The maximum Gasteiger partial charge on any atom is 0.419 e. The van der Waals surface area contributed by atoms with Gasteiger partial charge in [-0.15, -0.1) is 0 Å². The number of nitrogens with zero attached hydrogens (tertiary/aromatic N) is 1. The van der Waals surface area contributed by atoms with Gasteiger partial charge in [0.2, 0.25) is 5.24 Å². The van der Waals surface area contributed by atoms with Crippen LogP contribution in [0.1, 0.15) is 67.2 Å². The predicted octanol–water partition coefficient (Wildman–Crippen LogP) is 4.48. The van der Waals surface area contributed by atoms with Gasteiger partial charge in [-0.05, 0) is 66.0 Å². The third-order valence-corrected chi connectivity index (χ3v) is 2.67. The number of amides is 2. The third kappa shape index (κ3) is 11.9. The van der Waals surface area contributed by atoms with Gasteiger partial charge < -0.3 is 9.47 Å². The highest BCUT2D eigenvalue weighted by atomic mass is 35.5. The van der Waals surface area contributed by atoms with E-state index >= 15 is 0 Å². The monoisotopic (exact) mass is 349 g/mol. The van der Waals surface area contributed by atoms with Crippen LogP contribution in [-0.2, 0) is 14.3 Å². The molecule has 0 radical (unpaired) electrons. The summed E-state index contributed by atoms with van der Waals surface area (Å²) in [7, 11) is 0. The summed E-state index contributed by atoms with van der Waals surface area (Å²) in [4.78, 5) is 36.0. The van der Waals surface area contributed by atoms with Crippen LogP contribution in [0.15, 0.2) is 0 Å². The van der Waals surface area contributed by atoms with Gasteiger partial charge in [0.15, 0.2) is 0 Å². The van der Waals surface area contributed by atoms with Crippen molar-refractivity contribution in [3.05, 3.63) is 0 Å². The smallest absolute Gasteiger partial charge is 0.419 e. The van der Waals surface area contributed by atoms with Crippen molar-refractivity contribution in [3.8, 4) is 0 Å². The fourth-order valence-corrected chi connectivity index (χ4v) is 1.74. The van der Waals surface area contributed by atoms with Crippen molar-refractivity contribution in [2.75, 3.05) is 6.54 Å². The fourth-order valence-electron chi connectivity index (χ4n) is 1.60. The summed E-state index contributed by atoms with van der Waals surface area (Å²) in [5.41, 5.74) is -1.41. The van der Waals surface area contributed by atoms with Crippen LogP contribution in [-0.4, -0.2) is 40.1 Å². The Bertz CT molecular complexity index is 395. The van der Waals surface area contributed by atoms with E-state index in [1.54, 1.807) is 41.5 Å². The van der Waals surface area contributed by atoms with Crippen molar-refractivity contribution < 1.29 is 23.9 Å². The summed E-state index contributed by atoms with van der Waals surface area (Å²) in [5, 5.41) is -0.388. The molecule has 0 rings (SSSR count). The highest BCUT2D eigenvalue weighted by Crippen LogP contribution is 2.15. The predicted molar refractivity (Wildman–Crippen MR) is 88.5 cm³/mol. The summed E-state index contributed by atoms with van der Waals surface area (Å²) in [5.74, 6) is 0. The van der Waals surface area contributed by atoms with Gasteiger partial charge in [0, 0.05) is 13.0 Å². The lowest BCUT2D eigenvalue weighted by molar-refractivity contribution is -0.111. The second-order valence-electron chi connectivity index (χ2n) is 7.28. The molecule has 0 aromatic heterocycles. The molecule has 0 unspecified atom stereocenters. The summed E-state index contributed by atoms with van der Waals surface area (Å²) < 4.78 is 10.5. The Kier molecular flexibility index (Phi) is 8.59. The molecule has 0 aromatic carbocycles. The minimum Gasteiger partial charge on any atom is -0.443 e. The molecule has 2 amide bonds. The van der Waals surface area contributed by atoms with Gasteiger partial charge in [-0.1, -0.05) is 6.42 Å². The van der Waals surface area contributed by atoms with Crippen molar-refractivity contribution in [3.63, 3.8) is 0 Å². The number of carbonyl (C=O) groups is 3. The van der Waals surface area contributed by atoms with E-state index in [2.05, 4.69) is 0 Å². The lowest BCUT2D eigenvalue weighted by atomic mass is 10.2. The Labute approximate surface area is 143 Å². The Balaban J connectivity index is 4.70. The first-order chi connectivity index (χ1) is 10.3. The number of rotatable bonds is 6. The molecule has 0 fully saturated rings. The maximum atomic E-state index is 12.2. The minimum atomic E-state index is -0.736. The Morgan fingerprint density at radius 3 is 1.61 bits per heavy atom. The second-order valence-corrected chi connectivity index (χ2v) is 7.70. The number of ether oxygens (including phenoxy) is 2. The Morgan fingerprint density at radius 2 is 1.26 bits per heavy atom. The number of hydrogen-bond donors (Lipinski definition) is 0. The molecule has 0 saturated carbocycles. The fraction of sp³-hybridized carbons (Fsp3) is 0.812. The summed E-state index contributed by atoms with van der Waals surface area (Å²) in [6.45, 7) is 10.5. The first kappa shape index (κ1) is 21.7. The molecule has 0 aromatic rings. The minimum absolute atomic E-state index is 0.167. The molecule has 7 heteroatoms. The third-order valence-electron chi connectivity index (χ3n) is 2.48. The molecule has 0 aliphatic carbocycles. The van der Waals surface area contributed by atoms with Crippen LogP contribution in [0.2, 0.25) is 0 Å². The summed E-state index contributed by atoms with van der Waals surface area (Å²) >= 11 is 5.27. The van der Waals surface area contributed by atoms with Crippen molar-refractivity contribution in [1.29, 1.82) is 0 Å². The van der Waals surface area contributed by atoms with Gasteiger partial charge in [0.1, 0.15) is 11.2 Å². The molecule has 0 heterocycles. The van der Waals surface area contributed by atoms with E-state index in [0.29, 0.717) is 19.3 Å². The van der Waals surface area contributed by atoms with Crippen LogP contribution in [0.5, 0.6) is 0 Å². The van der Waals surface area contributed by atoms with E-state index in [4.69, 9.17) is 21.1 Å². The van der Waals surface area contributed by atoms with Gasteiger partial charge >= 0.3 is 12.2 Å². The van der Waals surface area contributed by atoms with Crippen molar-refractivity contribution >= 4 is 29.0 Å². The number of hydrogen-bond acceptors (Lipinski definition) is 5. The number of unbranched alkanes of at least 4 members (excludes halogenated alkanes) is 2. The lowest BCUT2D eigenvalue weighted by Crippen LogP contribution is -2.44. The number of imide groups is 1. The largest absolute Gasteiger partial charge is 0.443 e. The van der Waals surface area contributed by atoms with E-state index < -0.39 is 23.4 Å². The molecule has 0 aliphatic heterocycles. The van der Waals surface area contributed by atoms with Crippen LogP contribution in [0.25, 0.3) is 0 Å². The topological polar surface area (TPSA) is 72.9 Å². The standard InChI is InChI=1S/C16H28ClNO5/c1-15(2,3)22-13(20)18(14(21)23-16(4,5)6)11-9-7-8-10-12(17)19/h7-11H2,1-6H3. The van der Waals surface area contributed by atoms with Crippen LogP contribution in [0.4, 0.5) is 9.59 Å². The molecule has 0 saturated heterocycles. The average Bonchev–Trinajstić information content (AvgIpc) is 2.28. The zero-order valence-electron chi connectivity index (χ0n) is 14.9. The first-order valence-corrected chi connectivity index (χ1v) is 8.11. The Hall–Kier alpha value is -1.30. The molecule has 23 heavy (non-hydrogen) atoms. The molecule has 0 spiro atoms. The van der Waals surface area contributed by atoms with E-state index in [1.807, 2.05) is 0 Å². The van der Waals surface area contributed by atoms with Crippen LogP contribution in [0.3, 0.4) is 0 Å². The molecular weight excluding hydrogens is 322 g/mol. The quantitative estimate of drug-likeness (QED) is 0.522. The van der Waals surface area contributed by atoms with Gasteiger partial charge in [-0.2, -0.15) is 0 Å². The molecule has 0 N–H and O–H groups in total. The Morgan fingerprint density at radius 1 is 0.826 bits per heavy atom. The lowest BCUT2D eigenvalue weighted by Gasteiger charge is -2.28. The van der Waals surface area contributed by atoms with Crippen LogP contribution in [0, 0.1) is 0 Å². The van der Waals surface area contributed by atoms with Gasteiger partial charge in [0.25, 0.3) is 0 Å². The maximum absolute atomic E-state index is 12.2. The molecule has 134 valence electrons. The number of carbonyl (C=O) groups excluding carboxylic acids is 3. The second kappa shape index (κ2) is 9.11. The molecule has 0 atom stereocenters. The van der Waals surface area contributed by atoms with Crippen molar-refractivity contribution in [2.24, 2.45) is 0 Å². The van der Waals surface area contributed by atoms with Gasteiger partial charge in [-0.25, -0.2) is 14.5 Å². The highest BCUT2D eigenvalue weighted by Gasteiger charge is 2.30. The summed E-state index contributed by atoms with van der Waals surface area (Å²) in [6.07, 6.45) is 0.628. The molecular formula is C16H28ClNO5. The average molecular weight is 350 g/mol. The molecule has 0 bridgehead atoms. The number of halogens is 1. The zero-order valence-corrected chi connectivity index (χ0v) is 15.7. The normalized spacial score (nSPS) is 11.8. The van der Waals surface area contributed by atoms with Gasteiger partial charge in [-0.3, -0.25) is 4.79 Å². The molecule has 0 aliphatic rings. The van der Waals surface area contributed by atoms with Crippen molar-refractivity contribution in [1.82, 2.24) is 4.90 Å². The van der Waals surface area contributed by atoms with Crippen LogP contribution < -0.4 is 0 Å². The van der Waals surface area contributed by atoms with Gasteiger partial charge in [0.05, 0.1) is 0 Å². The van der Waals surface area contributed by atoms with E-state index in [9.17, 15) is 14.4 Å². The van der Waals surface area contributed by atoms with E-state index in [1.165, 1.54) is 0 Å².